The highest BCUT2D eigenvalue weighted by Crippen LogP contribution is 2.43. The van der Waals surface area contributed by atoms with Crippen LogP contribution in [0.25, 0.3) is 0 Å². The monoisotopic (exact) mass is 489 g/mol. The Morgan fingerprint density at radius 3 is 2.53 bits per heavy atom. The van der Waals surface area contributed by atoms with Gasteiger partial charge in [0.1, 0.15) is 0 Å². The number of ether oxygens (including phenoxy) is 1. The molecule has 0 radical (unpaired) electrons. The second-order valence-electron chi connectivity index (χ2n) is 10.2. The summed E-state index contributed by atoms with van der Waals surface area (Å²) in [5.74, 6) is -1.83. The fraction of sp³-hybridized carbons (Fsp3) is 0.379. The average molecular weight is 490 g/mol. The van der Waals surface area contributed by atoms with Gasteiger partial charge in [0.05, 0.1) is 18.2 Å². The molecule has 0 unspecified atom stereocenters. The van der Waals surface area contributed by atoms with Crippen LogP contribution in [-0.4, -0.2) is 28.9 Å². The van der Waals surface area contributed by atoms with Gasteiger partial charge >= 0.3 is 0 Å². The van der Waals surface area contributed by atoms with Crippen molar-refractivity contribution >= 4 is 5.91 Å². The topological polar surface area (TPSA) is 54.5 Å². The summed E-state index contributed by atoms with van der Waals surface area (Å²) in [4.78, 5) is 19.3. The molecule has 0 bridgehead atoms. The lowest BCUT2D eigenvalue weighted by molar-refractivity contribution is -0.122. The number of fused-ring (bicyclic) bond motifs is 2. The molecule has 1 spiro atoms. The molecule has 3 heterocycles. The minimum Gasteiger partial charge on any atom is -0.365 e. The molecule has 1 aliphatic carbocycles. The van der Waals surface area contributed by atoms with Crippen molar-refractivity contribution in [3.8, 4) is 0 Å². The van der Waals surface area contributed by atoms with Crippen LogP contribution in [0, 0.1) is 17.6 Å². The predicted octanol–water partition coefficient (Wildman–Crippen LogP) is 5.00. The second kappa shape index (κ2) is 9.37. The van der Waals surface area contributed by atoms with Gasteiger partial charge in [-0.3, -0.25) is 14.7 Å². The Hall–Kier alpha value is -3.16. The highest BCUT2D eigenvalue weighted by Gasteiger charge is 2.42. The summed E-state index contributed by atoms with van der Waals surface area (Å²) in [7, 11) is 0. The molecule has 6 rings (SSSR count). The van der Waals surface area contributed by atoms with Crippen molar-refractivity contribution in [3.63, 3.8) is 0 Å². The molecule has 36 heavy (non-hydrogen) atoms. The fourth-order valence-electron chi connectivity index (χ4n) is 5.47. The highest BCUT2D eigenvalue weighted by molar-refractivity contribution is 5.81. The molecular weight excluding hydrogens is 460 g/mol. The van der Waals surface area contributed by atoms with Gasteiger partial charge in [-0.2, -0.15) is 0 Å². The van der Waals surface area contributed by atoms with Crippen LogP contribution in [0.2, 0.25) is 0 Å². The van der Waals surface area contributed by atoms with Crippen LogP contribution in [0.15, 0.2) is 60.9 Å². The van der Waals surface area contributed by atoms with E-state index in [1.807, 2.05) is 24.5 Å². The van der Waals surface area contributed by atoms with E-state index in [1.54, 1.807) is 0 Å². The van der Waals surface area contributed by atoms with Crippen molar-refractivity contribution < 1.29 is 18.3 Å². The van der Waals surface area contributed by atoms with Gasteiger partial charge in [-0.1, -0.05) is 30.3 Å². The van der Waals surface area contributed by atoms with Crippen molar-refractivity contribution in [1.82, 2.24) is 15.2 Å². The smallest absolute Gasteiger partial charge is 0.223 e. The summed E-state index contributed by atoms with van der Waals surface area (Å²) in [5, 5.41) is 3.04. The Bertz CT molecular complexity index is 1270. The van der Waals surface area contributed by atoms with Gasteiger partial charge in [0.15, 0.2) is 11.6 Å². The molecule has 1 saturated carbocycles. The van der Waals surface area contributed by atoms with E-state index >= 15 is 0 Å². The first-order valence-electron chi connectivity index (χ1n) is 12.6. The molecule has 1 saturated heterocycles. The normalized spacial score (nSPS) is 19.7. The highest BCUT2D eigenvalue weighted by atomic mass is 19.2. The molecule has 5 nitrogen and oxygen atoms in total. The lowest BCUT2D eigenvalue weighted by Crippen LogP contribution is -2.42. The zero-order valence-corrected chi connectivity index (χ0v) is 20.1. The molecule has 7 heteroatoms. The van der Waals surface area contributed by atoms with E-state index in [2.05, 4.69) is 33.4 Å². The van der Waals surface area contributed by atoms with Crippen molar-refractivity contribution in [1.29, 1.82) is 0 Å². The third kappa shape index (κ3) is 4.53. The minimum atomic E-state index is -0.915. The Kier molecular flexibility index (Phi) is 6.05. The van der Waals surface area contributed by atoms with Crippen LogP contribution in [0.1, 0.15) is 59.5 Å². The summed E-state index contributed by atoms with van der Waals surface area (Å²) in [6, 6.07) is 13.4. The molecule has 1 aromatic heterocycles. The number of benzene rings is 2. The molecule has 3 aliphatic rings. The van der Waals surface area contributed by atoms with E-state index < -0.39 is 17.7 Å². The summed E-state index contributed by atoms with van der Waals surface area (Å²) in [6.45, 7) is 3.35. The maximum absolute atomic E-state index is 14.0. The quantitative estimate of drug-likeness (QED) is 0.530. The van der Waals surface area contributed by atoms with Gasteiger partial charge in [0, 0.05) is 43.5 Å². The number of aromatic nitrogens is 1. The lowest BCUT2D eigenvalue weighted by Gasteiger charge is -2.39. The first kappa shape index (κ1) is 23.3. The number of carbonyl (C=O) groups excluding carboxylic acids is 1. The number of halogens is 2. The Labute approximate surface area is 209 Å². The van der Waals surface area contributed by atoms with E-state index in [4.69, 9.17) is 4.74 Å². The van der Waals surface area contributed by atoms with Crippen molar-refractivity contribution in [2.45, 2.75) is 50.5 Å². The molecule has 186 valence electrons. The van der Waals surface area contributed by atoms with Crippen LogP contribution >= 0.6 is 0 Å². The van der Waals surface area contributed by atoms with Gasteiger partial charge in [-0.15, -0.1) is 0 Å². The van der Waals surface area contributed by atoms with Crippen molar-refractivity contribution in [2.24, 2.45) is 5.92 Å². The molecule has 2 aromatic carbocycles. The third-order valence-electron chi connectivity index (χ3n) is 7.80. The number of amides is 1. The Balaban J connectivity index is 1.14. The fourth-order valence-corrected chi connectivity index (χ4v) is 5.47. The zero-order chi connectivity index (χ0) is 24.7. The maximum atomic E-state index is 14.0. The Morgan fingerprint density at radius 1 is 1.06 bits per heavy atom. The number of likely N-dealkylation sites (tertiary alicyclic amines) is 1. The largest absolute Gasteiger partial charge is 0.365 e. The number of pyridine rings is 1. The summed E-state index contributed by atoms with van der Waals surface area (Å²) in [6.07, 6.45) is 7.42. The summed E-state index contributed by atoms with van der Waals surface area (Å²) in [5.41, 5.74) is 4.83. The SMILES string of the molecule is O=C(N[C@@H](c1ccc(CN2CCC3(CC2)OCc2ccncc23)cc1)c1ccc(F)c(F)c1)C1CC1. The summed E-state index contributed by atoms with van der Waals surface area (Å²) < 4.78 is 33.8. The van der Waals surface area contributed by atoms with Gasteiger partial charge in [-0.25, -0.2) is 8.78 Å². The Morgan fingerprint density at radius 2 is 1.81 bits per heavy atom. The van der Waals surface area contributed by atoms with E-state index in [-0.39, 0.29) is 17.4 Å². The van der Waals surface area contributed by atoms with Crippen LogP contribution in [0.4, 0.5) is 8.78 Å². The first-order valence-corrected chi connectivity index (χ1v) is 12.6. The standard InChI is InChI=1S/C29H29F2N3O2/c30-25-8-7-22(15-26(25)31)27(33-28(35)21-5-6-21)20-3-1-19(2-4-20)17-34-13-10-29(11-14-34)24-16-32-12-9-23(24)18-36-29/h1-4,7-9,12,15-16,21,27H,5-6,10-11,13-14,17-18H2,(H,33,35)/t27-/m0/s1. The van der Waals surface area contributed by atoms with Crippen LogP contribution < -0.4 is 5.32 Å². The number of hydrogen-bond donors (Lipinski definition) is 1. The molecule has 1 atom stereocenters. The molecule has 1 amide bonds. The number of piperidine rings is 1. The van der Waals surface area contributed by atoms with Crippen LogP contribution in [0.5, 0.6) is 0 Å². The van der Waals surface area contributed by atoms with Crippen LogP contribution in [-0.2, 0) is 28.3 Å². The minimum absolute atomic E-state index is 0.0195. The van der Waals surface area contributed by atoms with Gasteiger partial charge < -0.3 is 10.1 Å². The van der Waals surface area contributed by atoms with E-state index in [0.717, 1.165) is 56.9 Å². The van der Waals surface area contributed by atoms with Gasteiger partial charge in [0.2, 0.25) is 5.91 Å². The lowest BCUT2D eigenvalue weighted by atomic mass is 9.84. The molecule has 2 aliphatic heterocycles. The maximum Gasteiger partial charge on any atom is 0.223 e. The summed E-state index contributed by atoms with van der Waals surface area (Å²) >= 11 is 0. The van der Waals surface area contributed by atoms with E-state index in [0.29, 0.717) is 12.2 Å². The number of nitrogens with one attached hydrogen (secondary N) is 1. The first-order chi connectivity index (χ1) is 17.5. The molecule has 2 fully saturated rings. The molecule has 3 aromatic rings. The third-order valence-corrected chi connectivity index (χ3v) is 7.80. The van der Waals surface area contributed by atoms with Gasteiger partial charge in [0.25, 0.3) is 0 Å². The number of rotatable bonds is 6. The van der Waals surface area contributed by atoms with E-state index in [1.165, 1.54) is 28.8 Å². The van der Waals surface area contributed by atoms with Crippen molar-refractivity contribution in [3.05, 3.63) is 100 Å². The second-order valence-corrected chi connectivity index (χ2v) is 10.2. The van der Waals surface area contributed by atoms with Gasteiger partial charge in [-0.05, 0) is 66.1 Å². The van der Waals surface area contributed by atoms with E-state index in [9.17, 15) is 13.6 Å². The molecular formula is C29H29F2N3O2. The predicted molar refractivity (Wildman–Crippen MR) is 131 cm³/mol. The molecule has 1 N–H and O–H groups in total. The number of nitrogens with zero attached hydrogens (tertiary/aromatic N) is 2. The zero-order valence-electron chi connectivity index (χ0n) is 20.1. The number of carbonyl (C=O) groups is 1. The van der Waals surface area contributed by atoms with Crippen molar-refractivity contribution in [2.75, 3.05) is 13.1 Å². The number of hydrogen-bond acceptors (Lipinski definition) is 4. The van der Waals surface area contributed by atoms with Crippen LogP contribution in [0.3, 0.4) is 0 Å². The average Bonchev–Trinajstić information content (AvgIpc) is 3.70.